The van der Waals surface area contributed by atoms with Crippen LogP contribution in [0.1, 0.15) is 19.3 Å². The molecule has 1 aromatic heterocycles. The van der Waals surface area contributed by atoms with Crippen LogP contribution in [-0.2, 0) is 4.79 Å². The summed E-state index contributed by atoms with van der Waals surface area (Å²) in [4.78, 5) is 18.8. The summed E-state index contributed by atoms with van der Waals surface area (Å²) in [6, 6.07) is 8.41. The van der Waals surface area contributed by atoms with Gasteiger partial charge in [-0.15, -0.1) is 0 Å². The molecule has 2 aromatic rings. The molecule has 22 heavy (non-hydrogen) atoms. The first-order chi connectivity index (χ1) is 10.7. The number of hydrogen-bond acceptors (Lipinski definition) is 5. The van der Waals surface area contributed by atoms with Crippen molar-refractivity contribution >= 4 is 32.6 Å². The maximum atomic E-state index is 12.2. The summed E-state index contributed by atoms with van der Waals surface area (Å²) in [5, 5.41) is 7.02. The van der Waals surface area contributed by atoms with Gasteiger partial charge in [-0.1, -0.05) is 23.5 Å². The van der Waals surface area contributed by atoms with Crippen LogP contribution >= 0.6 is 11.3 Å². The number of para-hydroxylation sites is 1. The normalized spacial score (nSPS) is 19.3. The molecule has 1 aromatic carbocycles. The highest BCUT2D eigenvalue weighted by molar-refractivity contribution is 7.22. The molecule has 0 radical (unpaired) electrons. The molecule has 5 nitrogen and oxygen atoms in total. The summed E-state index contributed by atoms with van der Waals surface area (Å²) in [6.07, 6.45) is 3.43. The molecule has 1 aliphatic rings. The van der Waals surface area contributed by atoms with Gasteiger partial charge in [-0.3, -0.25) is 9.69 Å². The largest absolute Gasteiger partial charge is 0.317 e. The van der Waals surface area contributed by atoms with Crippen molar-refractivity contribution in [3.05, 3.63) is 24.3 Å². The van der Waals surface area contributed by atoms with Gasteiger partial charge in [0.25, 0.3) is 0 Å². The quantitative estimate of drug-likeness (QED) is 0.908. The van der Waals surface area contributed by atoms with Crippen LogP contribution < -0.4 is 10.6 Å². The van der Waals surface area contributed by atoms with Crippen LogP contribution in [-0.4, -0.2) is 48.5 Å². The van der Waals surface area contributed by atoms with E-state index in [9.17, 15) is 4.79 Å². The average Bonchev–Trinajstić information content (AvgIpc) is 2.71. The summed E-state index contributed by atoms with van der Waals surface area (Å²) in [7, 11) is 2.04. The molecule has 0 spiro atoms. The molecule has 1 fully saturated rings. The minimum absolute atomic E-state index is 0.0127. The fourth-order valence-electron chi connectivity index (χ4n) is 2.88. The number of amides is 1. The van der Waals surface area contributed by atoms with E-state index in [1.807, 2.05) is 31.3 Å². The maximum Gasteiger partial charge on any atom is 0.240 e. The van der Waals surface area contributed by atoms with Crippen molar-refractivity contribution in [3.63, 3.8) is 0 Å². The molecule has 1 atom stereocenters. The van der Waals surface area contributed by atoms with Crippen LogP contribution in [0.5, 0.6) is 0 Å². The second-order valence-corrected chi connectivity index (χ2v) is 6.82. The number of likely N-dealkylation sites (N-methyl/N-ethyl adjacent to an activating group) is 1. The van der Waals surface area contributed by atoms with Gasteiger partial charge in [-0.2, -0.15) is 0 Å². The monoisotopic (exact) mass is 318 g/mol. The number of benzene rings is 1. The number of rotatable bonds is 4. The highest BCUT2D eigenvalue weighted by atomic mass is 32.1. The molecular formula is C16H22N4OS. The van der Waals surface area contributed by atoms with E-state index >= 15 is 0 Å². The zero-order valence-electron chi connectivity index (χ0n) is 12.8. The van der Waals surface area contributed by atoms with Crippen molar-refractivity contribution in [2.45, 2.75) is 25.3 Å². The minimum atomic E-state index is 0.0127. The Balaban J connectivity index is 1.57. The first-order valence-corrected chi connectivity index (χ1v) is 8.60. The predicted molar refractivity (Wildman–Crippen MR) is 91.4 cm³/mol. The van der Waals surface area contributed by atoms with E-state index in [1.165, 1.54) is 17.8 Å². The van der Waals surface area contributed by atoms with Crippen molar-refractivity contribution in [1.82, 2.24) is 15.2 Å². The Hall–Kier alpha value is -1.50. The van der Waals surface area contributed by atoms with Gasteiger partial charge in [-0.05, 0) is 51.5 Å². The van der Waals surface area contributed by atoms with Crippen LogP contribution in [0.4, 0.5) is 5.13 Å². The van der Waals surface area contributed by atoms with Gasteiger partial charge in [-0.25, -0.2) is 4.98 Å². The summed E-state index contributed by atoms with van der Waals surface area (Å²) in [6.45, 7) is 2.54. The molecule has 2 heterocycles. The van der Waals surface area contributed by atoms with Crippen LogP contribution in [0.15, 0.2) is 24.3 Å². The number of fused-ring (bicyclic) bond motifs is 1. The average molecular weight is 318 g/mol. The zero-order chi connectivity index (χ0) is 15.4. The highest BCUT2D eigenvalue weighted by Gasteiger charge is 2.19. The fourth-order valence-corrected chi connectivity index (χ4v) is 3.76. The summed E-state index contributed by atoms with van der Waals surface area (Å²) >= 11 is 1.52. The zero-order valence-corrected chi connectivity index (χ0v) is 13.7. The standard InChI is InChI=1S/C16H22N4OS/c1-20(12-5-4-9-17-10-8-12)11-15(21)19-16-18-13-6-2-3-7-14(13)22-16/h2-3,6-7,12,17H,4-5,8-11H2,1H3,(H,18,19,21). The summed E-state index contributed by atoms with van der Waals surface area (Å²) in [5.74, 6) is 0.0127. The molecule has 1 saturated heterocycles. The second-order valence-electron chi connectivity index (χ2n) is 5.78. The topological polar surface area (TPSA) is 57.3 Å². The van der Waals surface area contributed by atoms with E-state index in [1.54, 1.807) is 0 Å². The lowest BCUT2D eigenvalue weighted by Gasteiger charge is -2.25. The van der Waals surface area contributed by atoms with Gasteiger partial charge >= 0.3 is 0 Å². The first-order valence-electron chi connectivity index (χ1n) is 7.79. The molecule has 3 rings (SSSR count). The Labute approximate surface area is 134 Å². The van der Waals surface area contributed by atoms with Crippen molar-refractivity contribution < 1.29 is 4.79 Å². The number of carbonyl (C=O) groups excluding carboxylic acids is 1. The first kappa shape index (κ1) is 15.4. The molecule has 0 aliphatic carbocycles. The Bertz CT molecular complexity index is 601. The van der Waals surface area contributed by atoms with Crippen molar-refractivity contribution in [1.29, 1.82) is 0 Å². The number of anilines is 1. The SMILES string of the molecule is CN(CC(=O)Nc1nc2ccccc2s1)C1CCCNCC1. The molecule has 0 bridgehead atoms. The van der Waals surface area contributed by atoms with E-state index in [0.29, 0.717) is 17.7 Å². The third-order valence-electron chi connectivity index (χ3n) is 4.10. The van der Waals surface area contributed by atoms with Gasteiger partial charge in [0.2, 0.25) is 5.91 Å². The lowest BCUT2D eigenvalue weighted by molar-refractivity contribution is -0.117. The number of nitrogens with zero attached hydrogens (tertiary/aromatic N) is 2. The van der Waals surface area contributed by atoms with Crippen molar-refractivity contribution in [2.75, 3.05) is 32.0 Å². The summed E-state index contributed by atoms with van der Waals surface area (Å²) in [5.41, 5.74) is 0.936. The Morgan fingerprint density at radius 1 is 1.41 bits per heavy atom. The smallest absolute Gasteiger partial charge is 0.240 e. The number of thiazole rings is 1. The van der Waals surface area contributed by atoms with E-state index < -0.39 is 0 Å². The third kappa shape index (κ3) is 3.82. The van der Waals surface area contributed by atoms with Crippen LogP contribution in [0.25, 0.3) is 10.2 Å². The highest BCUT2D eigenvalue weighted by Crippen LogP contribution is 2.25. The molecule has 0 saturated carbocycles. The van der Waals surface area contributed by atoms with E-state index in [2.05, 4.69) is 20.5 Å². The molecular weight excluding hydrogens is 296 g/mol. The maximum absolute atomic E-state index is 12.2. The van der Waals surface area contributed by atoms with Gasteiger partial charge in [0, 0.05) is 6.04 Å². The van der Waals surface area contributed by atoms with E-state index in [4.69, 9.17) is 0 Å². The predicted octanol–water partition coefficient (Wildman–Crippen LogP) is 2.31. The Kier molecular flexibility index (Phi) is 5.02. The van der Waals surface area contributed by atoms with Crippen LogP contribution in [0.2, 0.25) is 0 Å². The van der Waals surface area contributed by atoms with Gasteiger partial charge < -0.3 is 10.6 Å². The summed E-state index contributed by atoms with van der Waals surface area (Å²) < 4.78 is 1.10. The molecule has 1 unspecified atom stereocenters. The Morgan fingerprint density at radius 3 is 3.14 bits per heavy atom. The molecule has 6 heteroatoms. The Morgan fingerprint density at radius 2 is 2.27 bits per heavy atom. The number of hydrogen-bond donors (Lipinski definition) is 2. The number of carbonyl (C=O) groups is 1. The third-order valence-corrected chi connectivity index (χ3v) is 5.05. The fraction of sp³-hybridized carbons (Fsp3) is 0.500. The molecule has 2 N–H and O–H groups in total. The lowest BCUT2D eigenvalue weighted by atomic mass is 10.1. The van der Waals surface area contributed by atoms with E-state index in [-0.39, 0.29) is 5.91 Å². The van der Waals surface area contributed by atoms with Crippen LogP contribution in [0.3, 0.4) is 0 Å². The van der Waals surface area contributed by atoms with Crippen molar-refractivity contribution in [3.8, 4) is 0 Å². The molecule has 1 aliphatic heterocycles. The lowest BCUT2D eigenvalue weighted by Crippen LogP contribution is -2.38. The number of nitrogens with one attached hydrogen (secondary N) is 2. The second kappa shape index (κ2) is 7.17. The van der Waals surface area contributed by atoms with E-state index in [0.717, 1.165) is 36.1 Å². The minimum Gasteiger partial charge on any atom is -0.317 e. The van der Waals surface area contributed by atoms with Gasteiger partial charge in [0.05, 0.1) is 16.8 Å². The molecule has 118 valence electrons. The van der Waals surface area contributed by atoms with Crippen molar-refractivity contribution in [2.24, 2.45) is 0 Å². The molecule has 1 amide bonds. The van der Waals surface area contributed by atoms with Crippen LogP contribution in [0, 0.1) is 0 Å². The van der Waals surface area contributed by atoms with Gasteiger partial charge in [0.15, 0.2) is 5.13 Å². The van der Waals surface area contributed by atoms with Gasteiger partial charge in [0.1, 0.15) is 0 Å². The number of aromatic nitrogens is 1.